The second-order valence-electron chi connectivity index (χ2n) is 4.21. The van der Waals surface area contributed by atoms with Crippen molar-refractivity contribution in [3.05, 3.63) is 35.4 Å². The van der Waals surface area contributed by atoms with Crippen LogP contribution in [0.1, 0.15) is 11.1 Å². The molecule has 0 saturated carbocycles. The van der Waals surface area contributed by atoms with Gasteiger partial charge in [-0.05, 0) is 17.7 Å². The number of hydrogen-bond donors (Lipinski definition) is 2. The molecule has 0 radical (unpaired) electrons. The Morgan fingerprint density at radius 1 is 1.09 bits per heavy atom. The number of nitrogens with one attached hydrogen (secondary N) is 1. The summed E-state index contributed by atoms with van der Waals surface area (Å²) in [5, 5.41) is 37.3. The zero-order valence-corrected chi connectivity index (χ0v) is 12.1. The number of hydrogen-bond acceptors (Lipinski definition) is 6. The van der Waals surface area contributed by atoms with Gasteiger partial charge >= 0.3 is 0 Å². The number of H-pyrrole nitrogens is 1. The van der Waals surface area contributed by atoms with E-state index in [1.807, 2.05) is 12.1 Å². The number of pyridine rings is 1. The average molecular weight is 308 g/mol. The molecule has 106 valence electrons. The zero-order valence-electron chi connectivity index (χ0n) is 11.3. The average Bonchev–Trinajstić information content (AvgIpc) is 2.53. The van der Waals surface area contributed by atoms with E-state index in [1.165, 1.54) is 12.1 Å². The lowest BCUT2D eigenvalue weighted by Gasteiger charge is -2.09. The Morgan fingerprint density at radius 3 is 2.27 bits per heavy atom. The molecule has 0 aliphatic heterocycles. The van der Waals surface area contributed by atoms with E-state index in [1.54, 1.807) is 12.1 Å². The number of nitrogens with two attached hydrogens (primary N) is 1. The number of aromatic nitrogens is 1. The molecule has 7 heteroatoms. The first-order chi connectivity index (χ1) is 10.6. The fourth-order valence-electron chi connectivity index (χ4n) is 1.97. The summed E-state index contributed by atoms with van der Waals surface area (Å²) in [5.74, 6) is 0.353. The number of phenols is 1. The molecule has 0 saturated heterocycles. The van der Waals surface area contributed by atoms with E-state index >= 15 is 0 Å². The first-order valence-corrected chi connectivity index (χ1v) is 7.09. The molecule has 22 heavy (non-hydrogen) atoms. The highest BCUT2D eigenvalue weighted by molar-refractivity contribution is 7.99. The van der Waals surface area contributed by atoms with Crippen LogP contribution in [0, 0.1) is 34.0 Å². The normalized spacial score (nSPS) is 9.50. The van der Waals surface area contributed by atoms with Crippen molar-refractivity contribution in [1.82, 2.24) is 0 Å². The minimum absolute atomic E-state index is 0.0790. The molecule has 0 atom stereocenters. The Labute approximate surface area is 131 Å². The summed E-state index contributed by atoms with van der Waals surface area (Å²) >= 11 is 1.14. The van der Waals surface area contributed by atoms with E-state index in [4.69, 9.17) is 11.0 Å². The number of nitrogen functional groups attached to an aromatic ring is 1. The predicted octanol–water partition coefficient (Wildman–Crippen LogP) is 1.81. The molecule has 0 spiro atoms. The molecule has 4 N–H and O–H groups in total. The van der Waals surface area contributed by atoms with Gasteiger partial charge in [0.25, 0.3) is 5.82 Å². The van der Waals surface area contributed by atoms with E-state index in [2.05, 4.69) is 11.1 Å². The number of nitrogens with zero attached hydrogens (tertiary/aromatic N) is 3. The molecule has 2 rings (SSSR count). The van der Waals surface area contributed by atoms with E-state index in [0.29, 0.717) is 16.2 Å². The first-order valence-electron chi connectivity index (χ1n) is 6.10. The lowest BCUT2D eigenvalue weighted by atomic mass is 9.97. The van der Waals surface area contributed by atoms with Crippen molar-refractivity contribution in [2.75, 3.05) is 11.5 Å². The number of nitriles is 3. The van der Waals surface area contributed by atoms with Gasteiger partial charge in [0.15, 0.2) is 5.03 Å². The summed E-state index contributed by atoms with van der Waals surface area (Å²) in [5.41, 5.74) is 7.24. The van der Waals surface area contributed by atoms with Crippen LogP contribution in [0.25, 0.3) is 11.1 Å². The number of aromatic hydroxyl groups is 1. The summed E-state index contributed by atoms with van der Waals surface area (Å²) in [4.78, 5) is 2.80. The minimum atomic E-state index is 0.0790. The monoisotopic (exact) mass is 308 g/mol. The van der Waals surface area contributed by atoms with Gasteiger partial charge in [0.2, 0.25) is 0 Å². The number of anilines is 1. The number of rotatable bonds is 3. The predicted molar refractivity (Wildman–Crippen MR) is 80.3 cm³/mol. The SMILES string of the molecule is N#CCSc1[nH+]c(N)c(C#N)c(-c2ccc(O)cc2)c1C#N. The highest BCUT2D eigenvalue weighted by atomic mass is 32.2. The minimum Gasteiger partial charge on any atom is -0.508 e. The molecule has 1 aromatic heterocycles. The number of phenolic OH excluding ortho intramolecular Hbond substituents is 1. The Bertz CT molecular complexity index is 841. The third-order valence-electron chi connectivity index (χ3n) is 2.91. The molecule has 1 aromatic carbocycles. The number of benzene rings is 1. The molecular formula is C15H10N5OS+. The molecule has 0 unspecified atom stereocenters. The van der Waals surface area contributed by atoms with E-state index in [0.717, 1.165) is 11.8 Å². The Kier molecular flexibility index (Phi) is 4.48. The van der Waals surface area contributed by atoms with Crippen LogP contribution in [-0.4, -0.2) is 10.9 Å². The molecule has 0 fully saturated rings. The second-order valence-corrected chi connectivity index (χ2v) is 5.20. The zero-order chi connectivity index (χ0) is 16.1. The van der Waals surface area contributed by atoms with E-state index < -0.39 is 0 Å². The standard InChI is InChI=1S/C15H9N5OS/c16-5-6-22-15-12(8-18)13(11(7-17)14(19)20-15)9-1-3-10(21)4-2-9/h1-4,21H,6H2,(H2,19,20)/p+1. The van der Waals surface area contributed by atoms with Gasteiger partial charge in [0, 0.05) is 5.56 Å². The fraction of sp³-hybridized carbons (Fsp3) is 0.0667. The van der Waals surface area contributed by atoms with Crippen LogP contribution in [-0.2, 0) is 0 Å². The van der Waals surface area contributed by atoms with Crippen molar-refractivity contribution in [2.45, 2.75) is 5.03 Å². The van der Waals surface area contributed by atoms with Gasteiger partial charge in [-0.2, -0.15) is 15.8 Å². The first kappa shape index (κ1) is 15.2. The van der Waals surface area contributed by atoms with Crippen molar-refractivity contribution in [3.8, 4) is 35.1 Å². The van der Waals surface area contributed by atoms with Crippen LogP contribution in [0.15, 0.2) is 29.3 Å². The third kappa shape index (κ3) is 2.78. The van der Waals surface area contributed by atoms with Crippen LogP contribution in [0.3, 0.4) is 0 Å². The Morgan fingerprint density at radius 2 is 1.73 bits per heavy atom. The van der Waals surface area contributed by atoms with Gasteiger partial charge in [-0.3, -0.25) is 5.73 Å². The maximum absolute atomic E-state index is 9.46. The highest BCUT2D eigenvalue weighted by Gasteiger charge is 2.23. The summed E-state index contributed by atoms with van der Waals surface area (Å²) < 4.78 is 0. The third-order valence-corrected chi connectivity index (χ3v) is 3.77. The molecule has 0 amide bonds. The van der Waals surface area contributed by atoms with Crippen molar-refractivity contribution in [2.24, 2.45) is 0 Å². The van der Waals surface area contributed by atoms with Gasteiger partial charge in [-0.15, -0.1) is 0 Å². The van der Waals surface area contributed by atoms with Gasteiger partial charge in [-0.25, -0.2) is 4.98 Å². The summed E-state index contributed by atoms with van der Waals surface area (Å²) in [6.07, 6.45) is 0. The molecule has 6 nitrogen and oxygen atoms in total. The quantitative estimate of drug-likeness (QED) is 0.831. The molecule has 0 aliphatic rings. The van der Waals surface area contributed by atoms with E-state index in [9.17, 15) is 15.6 Å². The van der Waals surface area contributed by atoms with Crippen molar-refractivity contribution >= 4 is 17.6 Å². The maximum atomic E-state index is 9.46. The van der Waals surface area contributed by atoms with Crippen molar-refractivity contribution < 1.29 is 10.1 Å². The molecule has 0 bridgehead atoms. The van der Waals surface area contributed by atoms with Crippen LogP contribution in [0.4, 0.5) is 5.82 Å². The van der Waals surface area contributed by atoms with Crippen molar-refractivity contribution in [3.63, 3.8) is 0 Å². The van der Waals surface area contributed by atoms with Crippen LogP contribution >= 0.6 is 11.8 Å². The largest absolute Gasteiger partial charge is 0.508 e. The van der Waals surface area contributed by atoms with Gasteiger partial charge < -0.3 is 5.11 Å². The van der Waals surface area contributed by atoms with Gasteiger partial charge in [-0.1, -0.05) is 23.9 Å². The summed E-state index contributed by atoms with van der Waals surface area (Å²) in [6, 6.07) is 12.2. The van der Waals surface area contributed by atoms with Gasteiger partial charge in [0.05, 0.1) is 11.8 Å². The fourth-order valence-corrected chi connectivity index (χ4v) is 2.66. The maximum Gasteiger partial charge on any atom is 0.289 e. The number of thioether (sulfide) groups is 1. The second kappa shape index (κ2) is 6.49. The number of aromatic amines is 1. The lowest BCUT2D eigenvalue weighted by molar-refractivity contribution is -0.410. The topological polar surface area (TPSA) is 132 Å². The van der Waals surface area contributed by atoms with Crippen LogP contribution < -0.4 is 10.7 Å². The highest BCUT2D eigenvalue weighted by Crippen LogP contribution is 2.34. The van der Waals surface area contributed by atoms with E-state index in [-0.39, 0.29) is 28.4 Å². The van der Waals surface area contributed by atoms with Crippen LogP contribution in [0.2, 0.25) is 0 Å². The van der Waals surface area contributed by atoms with Crippen LogP contribution in [0.5, 0.6) is 5.75 Å². The van der Waals surface area contributed by atoms with Crippen molar-refractivity contribution in [1.29, 1.82) is 15.8 Å². The Hall–Kier alpha value is -3.21. The lowest BCUT2D eigenvalue weighted by Crippen LogP contribution is -2.18. The molecule has 1 heterocycles. The molecule has 0 aliphatic carbocycles. The summed E-state index contributed by atoms with van der Waals surface area (Å²) in [6.45, 7) is 0. The van der Waals surface area contributed by atoms with Gasteiger partial charge in [0.1, 0.15) is 29.0 Å². The molecular weight excluding hydrogens is 298 g/mol. The molecule has 2 aromatic rings. The Balaban J connectivity index is 2.77. The smallest absolute Gasteiger partial charge is 0.289 e. The summed E-state index contributed by atoms with van der Waals surface area (Å²) in [7, 11) is 0.